The molecule has 2 aromatic heterocycles. The summed E-state index contributed by atoms with van der Waals surface area (Å²) in [5.74, 6) is -0.111. The van der Waals surface area contributed by atoms with Crippen LogP contribution in [0.1, 0.15) is 22.5 Å². The number of aryl methyl sites for hydroxylation is 2. The zero-order chi connectivity index (χ0) is 24.1. The minimum atomic E-state index is -0.259. The summed E-state index contributed by atoms with van der Waals surface area (Å²) in [6.45, 7) is 3.53. The van der Waals surface area contributed by atoms with Crippen LogP contribution in [-0.2, 0) is 0 Å². The molecule has 0 aliphatic heterocycles. The van der Waals surface area contributed by atoms with E-state index in [9.17, 15) is 9.59 Å². The van der Waals surface area contributed by atoms with Crippen molar-refractivity contribution in [3.63, 3.8) is 0 Å². The van der Waals surface area contributed by atoms with Gasteiger partial charge in [0.05, 0.1) is 34.9 Å². The zero-order valence-electron chi connectivity index (χ0n) is 18.6. The van der Waals surface area contributed by atoms with Gasteiger partial charge in [0.1, 0.15) is 0 Å². The first-order valence-corrected chi connectivity index (χ1v) is 10.4. The molecule has 0 spiro atoms. The fourth-order valence-electron chi connectivity index (χ4n) is 3.28. The summed E-state index contributed by atoms with van der Waals surface area (Å²) in [5, 5.41) is 17.6. The Kier molecular flexibility index (Phi) is 6.35. The number of hydrogen-bond donors (Lipinski definition) is 4. The molecule has 0 atom stereocenters. The van der Waals surface area contributed by atoms with Crippen molar-refractivity contribution in [2.24, 2.45) is 21.0 Å². The maximum Gasteiger partial charge on any atom is 0.280 e. The van der Waals surface area contributed by atoms with E-state index in [1.54, 1.807) is 13.8 Å². The molecule has 0 amide bonds. The van der Waals surface area contributed by atoms with Crippen molar-refractivity contribution in [1.29, 1.82) is 0 Å². The molecule has 0 aliphatic carbocycles. The summed E-state index contributed by atoms with van der Waals surface area (Å²) in [5.41, 5.74) is 11.2. The maximum atomic E-state index is 12.7. The van der Waals surface area contributed by atoms with E-state index in [2.05, 4.69) is 30.9 Å². The van der Waals surface area contributed by atoms with Gasteiger partial charge in [0.2, 0.25) is 5.96 Å². The first-order chi connectivity index (χ1) is 16.5. The average Bonchev–Trinajstić information content (AvgIpc) is 3.30. The van der Waals surface area contributed by atoms with Crippen LogP contribution in [0.2, 0.25) is 0 Å². The Bertz CT molecular complexity index is 1490. The van der Waals surface area contributed by atoms with E-state index in [0.29, 0.717) is 33.9 Å². The highest BCUT2D eigenvalue weighted by Crippen LogP contribution is 2.06. The SMILES string of the molecule is Cc1[nH]n(-c2ccccc2)c(=O)c1/C=N\N=C(N)N/N=C\c1c(C)[nH]n(-c2ccccc2)c1=O. The first kappa shape index (κ1) is 22.3. The Balaban J connectivity index is 1.45. The van der Waals surface area contributed by atoms with Gasteiger partial charge in [0.15, 0.2) is 0 Å². The number of aromatic amines is 2. The number of hydrazone groups is 1. The second kappa shape index (κ2) is 9.69. The van der Waals surface area contributed by atoms with E-state index in [4.69, 9.17) is 5.73 Å². The molecule has 0 unspecified atom stereocenters. The summed E-state index contributed by atoms with van der Waals surface area (Å²) in [7, 11) is 0. The van der Waals surface area contributed by atoms with Crippen LogP contribution >= 0.6 is 0 Å². The van der Waals surface area contributed by atoms with Crippen LogP contribution in [0, 0.1) is 13.8 Å². The molecule has 0 saturated carbocycles. The molecule has 0 saturated heterocycles. The van der Waals surface area contributed by atoms with Gasteiger partial charge in [-0.25, -0.2) is 14.8 Å². The molecule has 4 aromatic rings. The zero-order valence-corrected chi connectivity index (χ0v) is 18.6. The number of H-pyrrole nitrogens is 2. The number of hydrogen-bond acceptors (Lipinski definition) is 5. The number of aromatic nitrogens is 4. The third-order valence-corrected chi connectivity index (χ3v) is 4.99. The van der Waals surface area contributed by atoms with Gasteiger partial charge >= 0.3 is 0 Å². The van der Waals surface area contributed by atoms with Crippen molar-refractivity contribution < 1.29 is 0 Å². The van der Waals surface area contributed by atoms with Crippen molar-refractivity contribution in [2.45, 2.75) is 13.8 Å². The molecule has 2 aromatic carbocycles. The predicted octanol–water partition coefficient (Wildman–Crippen LogP) is 1.53. The van der Waals surface area contributed by atoms with E-state index in [1.807, 2.05) is 60.7 Å². The van der Waals surface area contributed by atoms with Gasteiger partial charge in [0, 0.05) is 11.4 Å². The molecule has 5 N–H and O–H groups in total. The molecule has 0 bridgehead atoms. The fraction of sp³-hybridized carbons (Fsp3) is 0.0870. The highest BCUT2D eigenvalue weighted by Gasteiger charge is 2.11. The normalized spacial score (nSPS) is 12.1. The van der Waals surface area contributed by atoms with Gasteiger partial charge in [-0.2, -0.15) is 10.2 Å². The Hall–Kier alpha value is -4.93. The summed E-state index contributed by atoms with van der Waals surface area (Å²) >= 11 is 0. The number of benzene rings is 2. The summed E-state index contributed by atoms with van der Waals surface area (Å²) < 4.78 is 2.85. The molecule has 172 valence electrons. The van der Waals surface area contributed by atoms with Gasteiger partial charge in [-0.15, -0.1) is 5.10 Å². The van der Waals surface area contributed by atoms with E-state index >= 15 is 0 Å². The highest BCUT2D eigenvalue weighted by molar-refractivity contribution is 5.85. The third-order valence-electron chi connectivity index (χ3n) is 4.99. The summed E-state index contributed by atoms with van der Waals surface area (Å²) in [6, 6.07) is 18.4. The van der Waals surface area contributed by atoms with Crippen molar-refractivity contribution in [1.82, 2.24) is 25.0 Å². The molecule has 34 heavy (non-hydrogen) atoms. The van der Waals surface area contributed by atoms with Crippen LogP contribution in [0.4, 0.5) is 0 Å². The predicted molar refractivity (Wildman–Crippen MR) is 132 cm³/mol. The first-order valence-electron chi connectivity index (χ1n) is 10.4. The number of nitrogens with one attached hydrogen (secondary N) is 3. The van der Waals surface area contributed by atoms with Crippen LogP contribution in [0.25, 0.3) is 11.4 Å². The molecule has 0 fully saturated rings. The maximum absolute atomic E-state index is 12.7. The van der Waals surface area contributed by atoms with E-state index in [-0.39, 0.29) is 17.1 Å². The van der Waals surface area contributed by atoms with Crippen molar-refractivity contribution in [2.75, 3.05) is 0 Å². The number of rotatable bonds is 6. The molecular weight excluding hydrogens is 434 g/mol. The molecular formula is C23H23N9O2. The van der Waals surface area contributed by atoms with E-state index in [1.165, 1.54) is 21.8 Å². The molecule has 2 heterocycles. The topological polar surface area (TPSA) is 151 Å². The van der Waals surface area contributed by atoms with E-state index < -0.39 is 0 Å². The monoisotopic (exact) mass is 457 g/mol. The molecule has 0 aliphatic rings. The summed E-state index contributed by atoms with van der Waals surface area (Å²) in [6.07, 6.45) is 2.68. The quantitative estimate of drug-likeness (QED) is 0.197. The Morgan fingerprint density at radius 1 is 0.824 bits per heavy atom. The molecule has 0 radical (unpaired) electrons. The minimum absolute atomic E-state index is 0.111. The lowest BCUT2D eigenvalue weighted by atomic mass is 10.3. The van der Waals surface area contributed by atoms with Crippen LogP contribution < -0.4 is 22.3 Å². The Labute approximate surface area is 193 Å². The second-order valence-electron chi connectivity index (χ2n) is 7.35. The largest absolute Gasteiger partial charge is 0.367 e. The third kappa shape index (κ3) is 4.63. The Morgan fingerprint density at radius 3 is 1.79 bits per heavy atom. The van der Waals surface area contributed by atoms with Crippen LogP contribution in [0.15, 0.2) is 85.6 Å². The average molecular weight is 457 g/mol. The van der Waals surface area contributed by atoms with Gasteiger partial charge in [-0.1, -0.05) is 36.4 Å². The van der Waals surface area contributed by atoms with Crippen molar-refractivity contribution in [3.05, 3.63) is 104 Å². The molecule has 11 heteroatoms. The molecule has 11 nitrogen and oxygen atoms in total. The highest BCUT2D eigenvalue weighted by atomic mass is 16.1. The fourth-order valence-corrected chi connectivity index (χ4v) is 3.28. The number of nitrogens with two attached hydrogens (primary N) is 1. The lowest BCUT2D eigenvalue weighted by Gasteiger charge is -1.99. The van der Waals surface area contributed by atoms with Gasteiger partial charge in [-0.05, 0) is 38.1 Å². The smallest absolute Gasteiger partial charge is 0.280 e. The van der Waals surface area contributed by atoms with Crippen molar-refractivity contribution >= 4 is 18.4 Å². The number of para-hydroxylation sites is 2. The van der Waals surface area contributed by atoms with Gasteiger partial charge in [0.25, 0.3) is 11.1 Å². The van der Waals surface area contributed by atoms with Crippen LogP contribution in [0.5, 0.6) is 0 Å². The lowest BCUT2D eigenvalue weighted by Crippen LogP contribution is -2.27. The Morgan fingerprint density at radius 2 is 1.29 bits per heavy atom. The van der Waals surface area contributed by atoms with Gasteiger partial charge < -0.3 is 5.73 Å². The van der Waals surface area contributed by atoms with Crippen molar-refractivity contribution in [3.8, 4) is 11.4 Å². The summed E-state index contributed by atoms with van der Waals surface area (Å²) in [4.78, 5) is 25.3. The number of guanidine groups is 1. The van der Waals surface area contributed by atoms with Crippen LogP contribution in [-0.4, -0.2) is 37.9 Å². The minimum Gasteiger partial charge on any atom is -0.367 e. The molecule has 4 rings (SSSR count). The van der Waals surface area contributed by atoms with Crippen LogP contribution in [0.3, 0.4) is 0 Å². The van der Waals surface area contributed by atoms with E-state index in [0.717, 1.165) is 0 Å². The standard InChI is InChI=1S/C23H23N9O2/c1-15-19(21(33)31(29-15)17-9-5-3-6-10-17)13-25-27-23(24)28-26-14-20-16(2)30-32(22(20)34)18-11-7-4-8-12-18/h3-14,29-30H,1-2H3,(H3,24,27,28)/b25-13-,26-14-. The lowest BCUT2D eigenvalue weighted by molar-refractivity contribution is 0.835. The number of nitrogens with zero attached hydrogens (tertiary/aromatic N) is 5. The van der Waals surface area contributed by atoms with Gasteiger partial charge in [-0.3, -0.25) is 19.8 Å². The second-order valence-corrected chi connectivity index (χ2v) is 7.35.